The zero-order valence-electron chi connectivity index (χ0n) is 10.9. The number of benzene rings is 1. The number of nitrogens with two attached hydrogens (primary N) is 1. The second kappa shape index (κ2) is 5.51. The number of alkyl halides is 3. The van der Waals surface area contributed by atoms with Gasteiger partial charge in [-0.25, -0.2) is 0 Å². The molecule has 1 saturated heterocycles. The Hall–Kier alpha value is -1.07. The number of likely N-dealkylation sites (tertiary alicyclic amines) is 1. The van der Waals surface area contributed by atoms with Crippen LogP contribution in [0.1, 0.15) is 31.4 Å². The molecule has 0 spiro atoms. The maximum atomic E-state index is 13.4. The van der Waals surface area contributed by atoms with Crippen molar-refractivity contribution < 1.29 is 13.2 Å². The number of halogens is 3. The first kappa shape index (κ1) is 14.3. The van der Waals surface area contributed by atoms with Crippen LogP contribution in [0.3, 0.4) is 0 Å². The van der Waals surface area contributed by atoms with Gasteiger partial charge in [0.25, 0.3) is 0 Å². The molecule has 2 nitrogen and oxygen atoms in total. The van der Waals surface area contributed by atoms with Crippen molar-refractivity contribution in [1.82, 2.24) is 4.90 Å². The lowest BCUT2D eigenvalue weighted by atomic mass is 9.94. The van der Waals surface area contributed by atoms with E-state index in [-0.39, 0.29) is 12.1 Å². The van der Waals surface area contributed by atoms with E-state index >= 15 is 0 Å². The molecule has 0 radical (unpaired) electrons. The SMILES string of the molecule is CC1CC(N)CCN1C(c1ccccc1)C(F)(F)F. The summed E-state index contributed by atoms with van der Waals surface area (Å²) in [7, 11) is 0. The molecule has 1 aliphatic heterocycles. The van der Waals surface area contributed by atoms with Crippen LogP contribution in [-0.2, 0) is 0 Å². The van der Waals surface area contributed by atoms with Crippen molar-refractivity contribution in [2.75, 3.05) is 6.54 Å². The fourth-order valence-corrected chi connectivity index (χ4v) is 2.81. The highest BCUT2D eigenvalue weighted by Crippen LogP contribution is 2.40. The van der Waals surface area contributed by atoms with Gasteiger partial charge in [0, 0.05) is 18.6 Å². The third kappa shape index (κ3) is 3.28. The summed E-state index contributed by atoms with van der Waals surface area (Å²) in [6, 6.07) is 6.43. The van der Waals surface area contributed by atoms with Gasteiger partial charge in [0.05, 0.1) is 0 Å². The van der Waals surface area contributed by atoms with E-state index in [0.717, 1.165) is 0 Å². The maximum absolute atomic E-state index is 13.4. The van der Waals surface area contributed by atoms with Crippen molar-refractivity contribution in [2.45, 2.75) is 44.1 Å². The molecule has 0 aromatic heterocycles. The van der Waals surface area contributed by atoms with Crippen LogP contribution in [0, 0.1) is 0 Å². The van der Waals surface area contributed by atoms with Crippen LogP contribution in [0.25, 0.3) is 0 Å². The number of hydrogen-bond donors (Lipinski definition) is 1. The summed E-state index contributed by atoms with van der Waals surface area (Å²) in [5, 5.41) is 0. The van der Waals surface area contributed by atoms with Gasteiger partial charge in [-0.2, -0.15) is 13.2 Å². The van der Waals surface area contributed by atoms with Crippen LogP contribution in [0.4, 0.5) is 13.2 Å². The van der Waals surface area contributed by atoms with E-state index < -0.39 is 12.2 Å². The summed E-state index contributed by atoms with van der Waals surface area (Å²) >= 11 is 0. The first-order valence-corrected chi connectivity index (χ1v) is 6.52. The topological polar surface area (TPSA) is 29.3 Å². The molecule has 0 bridgehead atoms. The van der Waals surface area contributed by atoms with E-state index in [2.05, 4.69) is 0 Å². The molecule has 2 N–H and O–H groups in total. The predicted molar refractivity (Wildman–Crippen MR) is 68.6 cm³/mol. The van der Waals surface area contributed by atoms with E-state index in [4.69, 9.17) is 5.73 Å². The largest absolute Gasteiger partial charge is 0.408 e. The van der Waals surface area contributed by atoms with Crippen molar-refractivity contribution in [2.24, 2.45) is 5.73 Å². The minimum atomic E-state index is -4.27. The lowest BCUT2D eigenvalue weighted by molar-refractivity contribution is -0.195. The van der Waals surface area contributed by atoms with E-state index in [1.807, 2.05) is 6.92 Å². The molecule has 2 rings (SSSR count). The fraction of sp³-hybridized carbons (Fsp3) is 0.571. The number of nitrogens with zero attached hydrogens (tertiary/aromatic N) is 1. The molecule has 3 atom stereocenters. The molecule has 3 unspecified atom stereocenters. The third-order valence-electron chi connectivity index (χ3n) is 3.73. The van der Waals surface area contributed by atoms with Crippen LogP contribution in [0.5, 0.6) is 0 Å². The Labute approximate surface area is 111 Å². The Morgan fingerprint density at radius 1 is 1.26 bits per heavy atom. The number of piperidine rings is 1. The van der Waals surface area contributed by atoms with Crippen LogP contribution in [-0.4, -0.2) is 29.7 Å². The molecular formula is C14H19F3N2. The van der Waals surface area contributed by atoms with Gasteiger partial charge in [-0.05, 0) is 25.3 Å². The summed E-state index contributed by atoms with van der Waals surface area (Å²) in [5.41, 5.74) is 6.13. The molecule has 0 amide bonds. The molecular weight excluding hydrogens is 253 g/mol. The van der Waals surface area contributed by atoms with Crippen molar-refractivity contribution in [1.29, 1.82) is 0 Å². The van der Waals surface area contributed by atoms with Gasteiger partial charge in [0.15, 0.2) is 0 Å². The summed E-state index contributed by atoms with van der Waals surface area (Å²) in [5.74, 6) is 0. The monoisotopic (exact) mass is 272 g/mol. The molecule has 0 aliphatic carbocycles. The summed E-state index contributed by atoms with van der Waals surface area (Å²) in [6.07, 6.45) is -3.04. The zero-order chi connectivity index (χ0) is 14.0. The number of rotatable bonds is 2. The molecule has 1 fully saturated rings. The molecule has 5 heteroatoms. The van der Waals surface area contributed by atoms with Crippen molar-refractivity contribution in [3.8, 4) is 0 Å². The highest BCUT2D eigenvalue weighted by atomic mass is 19.4. The van der Waals surface area contributed by atoms with Gasteiger partial charge < -0.3 is 5.73 Å². The van der Waals surface area contributed by atoms with Crippen molar-refractivity contribution in [3.05, 3.63) is 35.9 Å². The minimum Gasteiger partial charge on any atom is -0.328 e. The van der Waals surface area contributed by atoms with Crippen LogP contribution >= 0.6 is 0 Å². The smallest absolute Gasteiger partial charge is 0.328 e. The summed E-state index contributed by atoms with van der Waals surface area (Å²) in [4.78, 5) is 1.53. The zero-order valence-corrected chi connectivity index (χ0v) is 10.9. The first-order valence-electron chi connectivity index (χ1n) is 6.52. The quantitative estimate of drug-likeness (QED) is 0.896. The van der Waals surface area contributed by atoms with Gasteiger partial charge in [0.2, 0.25) is 0 Å². The molecule has 106 valence electrons. The molecule has 1 aromatic rings. The highest BCUT2D eigenvalue weighted by molar-refractivity contribution is 5.21. The van der Waals surface area contributed by atoms with Crippen LogP contribution in [0.15, 0.2) is 30.3 Å². The Kier molecular flexibility index (Phi) is 4.16. The maximum Gasteiger partial charge on any atom is 0.408 e. The molecule has 19 heavy (non-hydrogen) atoms. The Bertz CT molecular complexity index is 405. The van der Waals surface area contributed by atoms with Gasteiger partial charge >= 0.3 is 6.18 Å². The van der Waals surface area contributed by atoms with E-state index in [9.17, 15) is 13.2 Å². The Morgan fingerprint density at radius 3 is 2.42 bits per heavy atom. The Balaban J connectivity index is 2.29. The third-order valence-corrected chi connectivity index (χ3v) is 3.73. The van der Waals surface area contributed by atoms with Crippen LogP contribution in [0.2, 0.25) is 0 Å². The summed E-state index contributed by atoms with van der Waals surface area (Å²) < 4.78 is 40.2. The minimum absolute atomic E-state index is 0.0101. The molecule has 0 saturated carbocycles. The van der Waals surface area contributed by atoms with Gasteiger partial charge in [-0.15, -0.1) is 0 Å². The average Bonchev–Trinajstić information content (AvgIpc) is 2.32. The lowest BCUT2D eigenvalue weighted by Crippen LogP contribution is -2.50. The second-order valence-electron chi connectivity index (χ2n) is 5.23. The predicted octanol–water partition coefficient (Wildman–Crippen LogP) is 3.10. The molecule has 1 aliphatic rings. The van der Waals surface area contributed by atoms with Crippen LogP contribution < -0.4 is 5.73 Å². The molecule has 1 heterocycles. The second-order valence-corrected chi connectivity index (χ2v) is 5.23. The fourth-order valence-electron chi connectivity index (χ4n) is 2.81. The summed E-state index contributed by atoms with van der Waals surface area (Å²) in [6.45, 7) is 2.21. The number of hydrogen-bond acceptors (Lipinski definition) is 2. The lowest BCUT2D eigenvalue weighted by Gasteiger charge is -2.42. The van der Waals surface area contributed by atoms with E-state index in [1.165, 1.54) is 4.90 Å². The van der Waals surface area contributed by atoms with Gasteiger partial charge in [0.1, 0.15) is 6.04 Å². The van der Waals surface area contributed by atoms with Crippen molar-refractivity contribution >= 4 is 0 Å². The first-order chi connectivity index (χ1) is 8.89. The average molecular weight is 272 g/mol. The highest BCUT2D eigenvalue weighted by Gasteiger charge is 2.46. The van der Waals surface area contributed by atoms with E-state index in [0.29, 0.717) is 24.9 Å². The van der Waals surface area contributed by atoms with Gasteiger partial charge in [-0.1, -0.05) is 30.3 Å². The Morgan fingerprint density at radius 2 is 1.89 bits per heavy atom. The standard InChI is InChI=1S/C14H19F3N2/c1-10-9-12(18)7-8-19(10)13(14(15,16)17)11-5-3-2-4-6-11/h2-6,10,12-13H,7-9,18H2,1H3. The van der Waals surface area contributed by atoms with Crippen molar-refractivity contribution in [3.63, 3.8) is 0 Å². The normalized spacial score (nSPS) is 27.2. The van der Waals surface area contributed by atoms with Gasteiger partial charge in [-0.3, -0.25) is 4.90 Å². The molecule has 1 aromatic carbocycles. The van der Waals surface area contributed by atoms with E-state index in [1.54, 1.807) is 30.3 Å².